The van der Waals surface area contributed by atoms with Crippen LogP contribution < -0.4 is 10.6 Å². The average molecular weight is 376 g/mol. The molecular formula is C14H12N6O5S. The molecule has 0 aromatic carbocycles. The lowest BCUT2D eigenvalue weighted by Gasteiger charge is -2.07. The lowest BCUT2D eigenvalue weighted by atomic mass is 10.4. The third-order valence-electron chi connectivity index (χ3n) is 3.02. The summed E-state index contributed by atoms with van der Waals surface area (Å²) in [5.41, 5.74) is 0.432. The number of imide groups is 1. The number of carbonyl (C=O) groups excluding carboxylic acids is 3. The molecule has 26 heavy (non-hydrogen) atoms. The molecular weight excluding hydrogens is 364 g/mol. The number of nitrogens with one attached hydrogen (secondary N) is 2. The Morgan fingerprint density at radius 1 is 1.31 bits per heavy atom. The van der Waals surface area contributed by atoms with Crippen LogP contribution >= 0.6 is 11.3 Å². The smallest absolute Gasteiger partial charge is 0.351 e. The van der Waals surface area contributed by atoms with Crippen molar-refractivity contribution in [3.63, 3.8) is 0 Å². The van der Waals surface area contributed by atoms with E-state index in [9.17, 15) is 14.4 Å². The van der Waals surface area contributed by atoms with Crippen molar-refractivity contribution < 1.29 is 23.5 Å². The molecule has 0 radical (unpaired) electrons. The van der Waals surface area contributed by atoms with E-state index >= 15 is 0 Å². The number of tetrazole rings is 1. The van der Waals surface area contributed by atoms with Crippen LogP contribution in [-0.4, -0.2) is 44.7 Å². The van der Waals surface area contributed by atoms with E-state index < -0.39 is 24.5 Å². The first-order valence-corrected chi connectivity index (χ1v) is 8.09. The third kappa shape index (κ3) is 4.30. The Labute approximate surface area is 149 Å². The SMILES string of the molecule is O=C(COC(=O)c1sccc1-n1cnnn1)NC(=O)NCc1ccco1. The van der Waals surface area contributed by atoms with Crippen molar-refractivity contribution in [3.8, 4) is 5.69 Å². The Morgan fingerprint density at radius 3 is 2.92 bits per heavy atom. The summed E-state index contributed by atoms with van der Waals surface area (Å²) in [4.78, 5) is 35.6. The molecule has 3 amide bonds. The van der Waals surface area contributed by atoms with Gasteiger partial charge in [0.1, 0.15) is 17.0 Å². The zero-order valence-corrected chi connectivity index (χ0v) is 13.9. The minimum Gasteiger partial charge on any atom is -0.467 e. The fourth-order valence-electron chi connectivity index (χ4n) is 1.89. The van der Waals surface area contributed by atoms with Gasteiger partial charge < -0.3 is 14.5 Å². The van der Waals surface area contributed by atoms with E-state index in [1.54, 1.807) is 23.6 Å². The Kier molecular flexibility index (Phi) is 5.34. The molecule has 0 bridgehead atoms. The summed E-state index contributed by atoms with van der Waals surface area (Å²) in [5, 5.41) is 16.8. The number of hydrogen-bond acceptors (Lipinski definition) is 9. The molecule has 2 N–H and O–H groups in total. The van der Waals surface area contributed by atoms with Gasteiger partial charge in [-0.1, -0.05) is 0 Å². The first-order chi connectivity index (χ1) is 12.6. The first kappa shape index (κ1) is 17.3. The third-order valence-corrected chi connectivity index (χ3v) is 3.90. The van der Waals surface area contributed by atoms with E-state index in [2.05, 4.69) is 20.8 Å². The molecule has 0 unspecified atom stereocenters. The number of urea groups is 1. The molecule has 0 saturated heterocycles. The maximum atomic E-state index is 12.1. The summed E-state index contributed by atoms with van der Waals surface area (Å²) < 4.78 is 11.3. The summed E-state index contributed by atoms with van der Waals surface area (Å²) in [6, 6.07) is 4.26. The average Bonchev–Trinajstić information content (AvgIpc) is 3.39. The molecule has 0 fully saturated rings. The lowest BCUT2D eigenvalue weighted by Crippen LogP contribution is -2.41. The van der Waals surface area contributed by atoms with Crippen LogP contribution in [0.2, 0.25) is 0 Å². The van der Waals surface area contributed by atoms with Gasteiger partial charge >= 0.3 is 12.0 Å². The van der Waals surface area contributed by atoms with Crippen LogP contribution in [0, 0.1) is 0 Å². The van der Waals surface area contributed by atoms with E-state index in [4.69, 9.17) is 9.15 Å². The highest BCUT2D eigenvalue weighted by molar-refractivity contribution is 7.12. The number of carbonyl (C=O) groups is 3. The van der Waals surface area contributed by atoms with E-state index in [0.717, 1.165) is 11.3 Å². The van der Waals surface area contributed by atoms with Crippen LogP contribution in [0.4, 0.5) is 4.79 Å². The zero-order valence-electron chi connectivity index (χ0n) is 13.1. The Hall–Kier alpha value is -3.54. The van der Waals surface area contributed by atoms with Crippen molar-refractivity contribution in [1.29, 1.82) is 0 Å². The number of hydrogen-bond donors (Lipinski definition) is 2. The number of amides is 3. The van der Waals surface area contributed by atoms with Gasteiger partial charge in [-0.3, -0.25) is 10.1 Å². The molecule has 0 aliphatic heterocycles. The van der Waals surface area contributed by atoms with Gasteiger partial charge in [0.25, 0.3) is 5.91 Å². The van der Waals surface area contributed by atoms with E-state index in [0.29, 0.717) is 11.4 Å². The molecule has 3 rings (SSSR count). The minimum absolute atomic E-state index is 0.121. The lowest BCUT2D eigenvalue weighted by molar-refractivity contribution is -0.123. The van der Waals surface area contributed by atoms with Crippen LogP contribution in [0.25, 0.3) is 5.69 Å². The second-order valence-corrected chi connectivity index (χ2v) is 5.69. The Bertz CT molecular complexity index is 889. The van der Waals surface area contributed by atoms with Crippen molar-refractivity contribution in [1.82, 2.24) is 30.8 Å². The van der Waals surface area contributed by atoms with Gasteiger partial charge in [-0.25, -0.2) is 9.59 Å². The van der Waals surface area contributed by atoms with Gasteiger partial charge in [0.2, 0.25) is 0 Å². The van der Waals surface area contributed by atoms with Crippen molar-refractivity contribution in [2.75, 3.05) is 6.61 Å². The molecule has 0 saturated carbocycles. The number of esters is 1. The highest BCUT2D eigenvalue weighted by atomic mass is 32.1. The molecule has 0 aliphatic rings. The summed E-state index contributed by atoms with van der Waals surface area (Å²) in [7, 11) is 0. The molecule has 0 aliphatic carbocycles. The number of ether oxygens (including phenoxy) is 1. The molecule has 0 atom stereocenters. The fraction of sp³-hybridized carbons (Fsp3) is 0.143. The van der Waals surface area contributed by atoms with Gasteiger partial charge in [0, 0.05) is 0 Å². The monoisotopic (exact) mass is 376 g/mol. The molecule has 12 heteroatoms. The summed E-state index contributed by atoms with van der Waals surface area (Å²) in [6.07, 6.45) is 2.79. The summed E-state index contributed by atoms with van der Waals surface area (Å²) in [5.74, 6) is -0.959. The molecule has 11 nitrogen and oxygen atoms in total. The highest BCUT2D eigenvalue weighted by Gasteiger charge is 2.18. The van der Waals surface area contributed by atoms with Gasteiger partial charge in [-0.15, -0.1) is 16.4 Å². The Morgan fingerprint density at radius 2 is 2.19 bits per heavy atom. The quantitative estimate of drug-likeness (QED) is 0.592. The number of thiophene rings is 1. The Balaban J connectivity index is 1.46. The second-order valence-electron chi connectivity index (χ2n) is 4.78. The van der Waals surface area contributed by atoms with Crippen LogP contribution in [0.5, 0.6) is 0 Å². The summed E-state index contributed by atoms with van der Waals surface area (Å²) in [6.45, 7) is -0.490. The van der Waals surface area contributed by atoms with E-state index in [-0.39, 0.29) is 11.4 Å². The normalized spacial score (nSPS) is 10.3. The predicted molar refractivity (Wildman–Crippen MR) is 86.4 cm³/mol. The maximum absolute atomic E-state index is 12.1. The predicted octanol–water partition coefficient (Wildman–Crippen LogP) is 0.500. The molecule has 3 aromatic heterocycles. The number of nitrogens with zero attached hydrogens (tertiary/aromatic N) is 4. The van der Waals surface area contributed by atoms with Crippen LogP contribution in [0.3, 0.4) is 0 Å². The van der Waals surface area contributed by atoms with Crippen LogP contribution in [0.1, 0.15) is 15.4 Å². The van der Waals surface area contributed by atoms with Crippen molar-refractivity contribution >= 4 is 29.2 Å². The van der Waals surface area contributed by atoms with Gasteiger partial charge in [0.15, 0.2) is 6.61 Å². The maximum Gasteiger partial charge on any atom is 0.351 e. The van der Waals surface area contributed by atoms with E-state index in [1.807, 2.05) is 5.32 Å². The molecule has 0 spiro atoms. The van der Waals surface area contributed by atoms with Crippen molar-refractivity contribution in [2.24, 2.45) is 0 Å². The zero-order chi connectivity index (χ0) is 18.4. The van der Waals surface area contributed by atoms with Crippen LogP contribution in [0.15, 0.2) is 40.6 Å². The topological polar surface area (TPSA) is 141 Å². The number of aromatic nitrogens is 4. The van der Waals surface area contributed by atoms with Gasteiger partial charge in [-0.2, -0.15) is 4.68 Å². The highest BCUT2D eigenvalue weighted by Crippen LogP contribution is 2.20. The molecule has 3 heterocycles. The van der Waals surface area contributed by atoms with Crippen molar-refractivity contribution in [2.45, 2.75) is 6.54 Å². The van der Waals surface area contributed by atoms with Gasteiger partial charge in [-0.05, 0) is 34.0 Å². The number of rotatable bonds is 6. The van der Waals surface area contributed by atoms with E-state index in [1.165, 1.54) is 17.3 Å². The van der Waals surface area contributed by atoms with Crippen LogP contribution in [-0.2, 0) is 16.1 Å². The minimum atomic E-state index is -0.768. The fourth-order valence-corrected chi connectivity index (χ4v) is 2.66. The summed E-state index contributed by atoms with van der Waals surface area (Å²) >= 11 is 1.12. The second kappa shape index (κ2) is 8.02. The molecule has 134 valence electrons. The largest absolute Gasteiger partial charge is 0.467 e. The van der Waals surface area contributed by atoms with Gasteiger partial charge in [0.05, 0.1) is 18.5 Å². The van der Waals surface area contributed by atoms with Crippen molar-refractivity contribution in [3.05, 3.63) is 46.8 Å². The standard InChI is InChI=1S/C14H12N6O5S/c21-11(17-14(23)15-6-9-2-1-4-24-9)7-25-13(22)12-10(3-5-26-12)20-8-16-18-19-20/h1-5,8H,6-7H2,(H2,15,17,21,23). The molecule has 3 aromatic rings. The number of furan rings is 1. The first-order valence-electron chi connectivity index (χ1n) is 7.21.